The number of hydrogen-bond acceptors (Lipinski definition) is 5. The number of carbonyl (C=O) groups excluding carboxylic acids is 1. The number of amides is 1. The van der Waals surface area contributed by atoms with Gasteiger partial charge >= 0.3 is 6.18 Å². The van der Waals surface area contributed by atoms with Gasteiger partial charge in [0.1, 0.15) is 5.52 Å². The second-order valence-corrected chi connectivity index (χ2v) is 7.70. The maximum atomic E-state index is 13.0. The molecule has 0 fully saturated rings. The molecule has 0 N–H and O–H groups in total. The van der Waals surface area contributed by atoms with Crippen LogP contribution in [0.1, 0.15) is 17.5 Å². The number of alkyl halides is 3. The SMILES string of the molecule is CN(C)CCN(Cc1cccc(C(F)(F)F)c1)C(=O)CCn1nnc2ccccc2c1=O. The van der Waals surface area contributed by atoms with Crippen molar-refractivity contribution in [2.45, 2.75) is 25.7 Å². The first-order valence-corrected chi connectivity index (χ1v) is 10.1. The highest BCUT2D eigenvalue weighted by Gasteiger charge is 2.30. The lowest BCUT2D eigenvalue weighted by atomic mass is 10.1. The van der Waals surface area contributed by atoms with E-state index in [2.05, 4.69) is 10.3 Å². The van der Waals surface area contributed by atoms with E-state index < -0.39 is 11.7 Å². The van der Waals surface area contributed by atoms with Crippen molar-refractivity contribution in [3.8, 4) is 0 Å². The van der Waals surface area contributed by atoms with Crippen LogP contribution >= 0.6 is 0 Å². The molecule has 10 heteroatoms. The fraction of sp³-hybridized carbons (Fsp3) is 0.364. The number of benzene rings is 2. The molecule has 0 radical (unpaired) electrons. The average molecular weight is 447 g/mol. The summed E-state index contributed by atoms with van der Waals surface area (Å²) in [6.07, 6.45) is -4.48. The first kappa shape index (κ1) is 23.4. The molecule has 170 valence electrons. The van der Waals surface area contributed by atoms with E-state index in [0.29, 0.717) is 29.6 Å². The summed E-state index contributed by atoms with van der Waals surface area (Å²) >= 11 is 0. The van der Waals surface area contributed by atoms with Crippen LogP contribution in [0.5, 0.6) is 0 Å². The molecule has 0 spiro atoms. The summed E-state index contributed by atoms with van der Waals surface area (Å²) in [5.74, 6) is -0.286. The van der Waals surface area contributed by atoms with Crippen molar-refractivity contribution in [2.75, 3.05) is 27.2 Å². The quantitative estimate of drug-likeness (QED) is 0.531. The molecule has 0 unspecified atom stereocenters. The number of nitrogens with zero attached hydrogens (tertiary/aromatic N) is 5. The highest BCUT2D eigenvalue weighted by atomic mass is 19.4. The number of aryl methyl sites for hydroxylation is 1. The number of aromatic nitrogens is 3. The van der Waals surface area contributed by atoms with Gasteiger partial charge < -0.3 is 9.80 Å². The molecule has 1 aromatic heterocycles. The van der Waals surface area contributed by atoms with Gasteiger partial charge in [-0.1, -0.05) is 29.5 Å². The standard InChI is InChI=1S/C22H24F3N5O2/c1-28(2)12-13-29(15-16-6-5-7-17(14-16)22(23,24)25)20(31)10-11-30-21(32)18-8-3-4-9-19(18)26-27-30/h3-9,14H,10-13,15H2,1-2H3. The Kier molecular flexibility index (Phi) is 7.24. The molecule has 32 heavy (non-hydrogen) atoms. The van der Waals surface area contributed by atoms with Crippen LogP contribution in [0, 0.1) is 0 Å². The van der Waals surface area contributed by atoms with Gasteiger partial charge in [-0.3, -0.25) is 9.59 Å². The van der Waals surface area contributed by atoms with Gasteiger partial charge in [0.05, 0.1) is 17.5 Å². The smallest absolute Gasteiger partial charge is 0.337 e. The summed E-state index contributed by atoms with van der Waals surface area (Å²) < 4.78 is 40.3. The monoisotopic (exact) mass is 447 g/mol. The molecule has 3 rings (SSSR count). The van der Waals surface area contributed by atoms with Crippen molar-refractivity contribution >= 4 is 16.8 Å². The highest BCUT2D eigenvalue weighted by Crippen LogP contribution is 2.29. The molecule has 3 aromatic rings. The van der Waals surface area contributed by atoms with Gasteiger partial charge in [0.25, 0.3) is 5.56 Å². The second kappa shape index (κ2) is 9.90. The van der Waals surface area contributed by atoms with Crippen molar-refractivity contribution in [2.24, 2.45) is 0 Å². The van der Waals surface area contributed by atoms with E-state index in [0.717, 1.165) is 16.8 Å². The maximum Gasteiger partial charge on any atom is 0.416 e. The molecule has 0 aliphatic heterocycles. The van der Waals surface area contributed by atoms with E-state index in [1.807, 2.05) is 19.0 Å². The second-order valence-electron chi connectivity index (χ2n) is 7.70. The summed E-state index contributed by atoms with van der Waals surface area (Å²) in [5, 5.41) is 8.29. The molecule has 0 aliphatic carbocycles. The lowest BCUT2D eigenvalue weighted by Crippen LogP contribution is -2.37. The topological polar surface area (TPSA) is 71.3 Å². The average Bonchev–Trinajstić information content (AvgIpc) is 2.75. The fourth-order valence-corrected chi connectivity index (χ4v) is 3.21. The Hall–Kier alpha value is -3.27. The Labute approximate surface area is 183 Å². The summed E-state index contributed by atoms with van der Waals surface area (Å²) in [7, 11) is 3.69. The molecule has 7 nitrogen and oxygen atoms in total. The minimum absolute atomic E-state index is 0.0244. The van der Waals surface area contributed by atoms with Crippen LogP contribution in [0.2, 0.25) is 0 Å². The van der Waals surface area contributed by atoms with Crippen LogP contribution in [0.25, 0.3) is 10.9 Å². The van der Waals surface area contributed by atoms with Crippen LogP contribution in [0.15, 0.2) is 53.3 Å². The maximum absolute atomic E-state index is 13.0. The van der Waals surface area contributed by atoms with Crippen molar-refractivity contribution in [3.63, 3.8) is 0 Å². The van der Waals surface area contributed by atoms with Gasteiger partial charge in [-0.25, -0.2) is 4.68 Å². The van der Waals surface area contributed by atoms with Crippen LogP contribution in [-0.4, -0.2) is 57.9 Å². The van der Waals surface area contributed by atoms with Crippen LogP contribution in [0.4, 0.5) is 13.2 Å². The zero-order valence-electron chi connectivity index (χ0n) is 17.8. The Morgan fingerprint density at radius 3 is 2.53 bits per heavy atom. The molecule has 0 aliphatic rings. The zero-order chi connectivity index (χ0) is 23.3. The molecule has 1 amide bonds. The van der Waals surface area contributed by atoms with Gasteiger partial charge in [0, 0.05) is 26.1 Å². The summed E-state index contributed by atoms with van der Waals surface area (Å²) in [4.78, 5) is 28.9. The molecular weight excluding hydrogens is 423 g/mol. The summed E-state index contributed by atoms with van der Waals surface area (Å²) in [5.41, 5.74) is -0.249. The number of fused-ring (bicyclic) bond motifs is 1. The minimum Gasteiger partial charge on any atom is -0.337 e. The van der Waals surface area contributed by atoms with E-state index in [-0.39, 0.29) is 31.0 Å². The van der Waals surface area contributed by atoms with Crippen molar-refractivity contribution in [1.82, 2.24) is 24.8 Å². The summed E-state index contributed by atoms with van der Waals surface area (Å²) in [6.45, 7) is 0.937. The van der Waals surface area contributed by atoms with Gasteiger partial charge in [0.2, 0.25) is 5.91 Å². The largest absolute Gasteiger partial charge is 0.416 e. The van der Waals surface area contributed by atoms with Gasteiger partial charge in [-0.05, 0) is 43.9 Å². The fourth-order valence-electron chi connectivity index (χ4n) is 3.21. The third-order valence-corrected chi connectivity index (χ3v) is 4.96. The number of rotatable bonds is 8. The Balaban J connectivity index is 1.75. The first-order chi connectivity index (χ1) is 15.1. The first-order valence-electron chi connectivity index (χ1n) is 10.1. The van der Waals surface area contributed by atoms with Gasteiger partial charge in [-0.15, -0.1) is 5.10 Å². The normalized spacial score (nSPS) is 11.8. The van der Waals surface area contributed by atoms with Crippen LogP contribution < -0.4 is 5.56 Å². The number of carbonyl (C=O) groups is 1. The zero-order valence-corrected chi connectivity index (χ0v) is 17.8. The molecule has 0 saturated carbocycles. The van der Waals surface area contributed by atoms with Crippen LogP contribution in [0.3, 0.4) is 0 Å². The molecule has 0 saturated heterocycles. The van der Waals surface area contributed by atoms with Crippen LogP contribution in [-0.2, 0) is 24.1 Å². The van der Waals surface area contributed by atoms with E-state index in [1.165, 1.54) is 11.0 Å². The van der Waals surface area contributed by atoms with E-state index in [4.69, 9.17) is 0 Å². The molecular formula is C22H24F3N5O2. The van der Waals surface area contributed by atoms with Crippen molar-refractivity contribution in [3.05, 3.63) is 70.0 Å². The molecule has 1 heterocycles. The number of hydrogen-bond donors (Lipinski definition) is 0. The predicted octanol–water partition coefficient (Wildman–Crippen LogP) is 2.79. The van der Waals surface area contributed by atoms with Gasteiger partial charge in [-0.2, -0.15) is 13.2 Å². The number of halogens is 3. The molecule has 0 atom stereocenters. The Morgan fingerprint density at radius 1 is 1.06 bits per heavy atom. The number of likely N-dealkylation sites (N-methyl/N-ethyl adjacent to an activating group) is 1. The summed E-state index contributed by atoms with van der Waals surface area (Å²) in [6, 6.07) is 11.7. The highest BCUT2D eigenvalue weighted by molar-refractivity contribution is 5.77. The molecule has 0 bridgehead atoms. The van der Waals surface area contributed by atoms with Crippen molar-refractivity contribution in [1.29, 1.82) is 0 Å². The van der Waals surface area contributed by atoms with E-state index in [9.17, 15) is 22.8 Å². The van der Waals surface area contributed by atoms with Gasteiger partial charge in [0.15, 0.2) is 0 Å². The predicted molar refractivity (Wildman–Crippen MR) is 114 cm³/mol. The van der Waals surface area contributed by atoms with Crippen molar-refractivity contribution < 1.29 is 18.0 Å². The van der Waals surface area contributed by atoms with E-state index >= 15 is 0 Å². The Bertz CT molecular complexity index is 1140. The lowest BCUT2D eigenvalue weighted by Gasteiger charge is -2.25. The third-order valence-electron chi connectivity index (χ3n) is 4.96. The molecule has 2 aromatic carbocycles. The lowest BCUT2D eigenvalue weighted by molar-refractivity contribution is -0.137. The third kappa shape index (κ3) is 5.91. The van der Waals surface area contributed by atoms with E-state index in [1.54, 1.807) is 30.3 Å². The minimum atomic E-state index is -4.45. The Morgan fingerprint density at radius 2 is 1.81 bits per heavy atom.